The molecule has 0 aliphatic rings. The number of likely N-dealkylation sites (N-methyl/N-ethyl adjacent to an activating group) is 1. The fourth-order valence-corrected chi connectivity index (χ4v) is 2.08. The molecule has 0 aliphatic carbocycles. The van der Waals surface area contributed by atoms with E-state index in [4.69, 9.17) is 0 Å². The Labute approximate surface area is 115 Å². The van der Waals surface area contributed by atoms with E-state index >= 15 is 0 Å². The molecule has 0 saturated heterocycles. The van der Waals surface area contributed by atoms with Crippen LogP contribution < -0.4 is 5.32 Å². The van der Waals surface area contributed by atoms with Crippen molar-refractivity contribution in [1.29, 1.82) is 0 Å². The van der Waals surface area contributed by atoms with Crippen LogP contribution in [0.25, 0.3) is 0 Å². The lowest BCUT2D eigenvalue weighted by Crippen LogP contribution is -2.31. The molecule has 5 heteroatoms. The van der Waals surface area contributed by atoms with Gasteiger partial charge in [0.05, 0.1) is 0 Å². The molecule has 0 aromatic carbocycles. The Balaban J connectivity index is 0. The number of nitrogens with one attached hydrogen (secondary N) is 1. The molecule has 0 spiro atoms. The normalized spacial score (nSPS) is 9.69. The topological polar surface area (TPSA) is 15.3 Å². The van der Waals surface area contributed by atoms with Crippen molar-refractivity contribution in [1.82, 2.24) is 10.2 Å². The van der Waals surface area contributed by atoms with Crippen LogP contribution >= 0.6 is 36.2 Å². The van der Waals surface area contributed by atoms with Gasteiger partial charge in [-0.1, -0.05) is 19.9 Å². The van der Waals surface area contributed by atoms with E-state index in [0.717, 1.165) is 32.7 Å². The molecule has 96 valence electrons. The Hall–Kier alpha value is 0.200. The van der Waals surface area contributed by atoms with Crippen LogP contribution in [0, 0.1) is 0 Å². The maximum absolute atomic E-state index is 3.46. The molecule has 1 aromatic heterocycles. The van der Waals surface area contributed by atoms with Gasteiger partial charge in [0.15, 0.2) is 0 Å². The Bertz CT molecular complexity index is 226. The quantitative estimate of drug-likeness (QED) is 0.775. The fourth-order valence-electron chi connectivity index (χ4n) is 1.40. The fraction of sp³-hybridized carbons (Fsp3) is 0.636. The second-order valence-electron chi connectivity index (χ2n) is 3.28. The zero-order chi connectivity index (χ0) is 10.2. The Morgan fingerprint density at radius 1 is 1.25 bits per heavy atom. The molecule has 1 N–H and O–H groups in total. The molecule has 1 aromatic rings. The SMILES string of the molecule is CCN(CC)CCNCc1cccs1.Cl.Cl. The summed E-state index contributed by atoms with van der Waals surface area (Å²) in [5, 5.41) is 5.58. The second-order valence-corrected chi connectivity index (χ2v) is 4.32. The van der Waals surface area contributed by atoms with Gasteiger partial charge in [0.1, 0.15) is 0 Å². The molecule has 0 fully saturated rings. The van der Waals surface area contributed by atoms with E-state index in [1.165, 1.54) is 4.88 Å². The van der Waals surface area contributed by atoms with Crippen molar-refractivity contribution < 1.29 is 0 Å². The van der Waals surface area contributed by atoms with Crippen molar-refractivity contribution in [3.05, 3.63) is 22.4 Å². The van der Waals surface area contributed by atoms with E-state index < -0.39 is 0 Å². The number of hydrogen-bond donors (Lipinski definition) is 1. The first-order chi connectivity index (χ1) is 6.86. The summed E-state index contributed by atoms with van der Waals surface area (Å²) in [4.78, 5) is 3.85. The highest BCUT2D eigenvalue weighted by Crippen LogP contribution is 2.06. The lowest BCUT2D eigenvalue weighted by atomic mass is 10.4. The highest BCUT2D eigenvalue weighted by atomic mass is 35.5. The summed E-state index contributed by atoms with van der Waals surface area (Å²) in [6.45, 7) is 9.97. The number of rotatable bonds is 7. The van der Waals surface area contributed by atoms with Crippen LogP contribution in [0.2, 0.25) is 0 Å². The molecular weight excluding hydrogens is 263 g/mol. The third-order valence-electron chi connectivity index (χ3n) is 2.38. The molecule has 16 heavy (non-hydrogen) atoms. The predicted molar refractivity (Wildman–Crippen MR) is 78.3 cm³/mol. The molecule has 0 atom stereocenters. The van der Waals surface area contributed by atoms with Gasteiger partial charge in [-0.15, -0.1) is 36.2 Å². The average molecular weight is 285 g/mol. The smallest absolute Gasteiger partial charge is 0.0300 e. The Kier molecular flexibility index (Phi) is 13.5. The minimum absolute atomic E-state index is 0. The maximum atomic E-state index is 3.46. The number of hydrogen-bond acceptors (Lipinski definition) is 3. The van der Waals surface area contributed by atoms with Gasteiger partial charge in [-0.05, 0) is 24.5 Å². The van der Waals surface area contributed by atoms with E-state index in [-0.39, 0.29) is 24.8 Å². The van der Waals surface area contributed by atoms with E-state index in [1.54, 1.807) is 0 Å². The number of halogens is 2. The molecule has 0 amide bonds. The summed E-state index contributed by atoms with van der Waals surface area (Å²) in [6, 6.07) is 4.28. The van der Waals surface area contributed by atoms with Gasteiger partial charge >= 0.3 is 0 Å². The summed E-state index contributed by atoms with van der Waals surface area (Å²) in [5.41, 5.74) is 0. The van der Waals surface area contributed by atoms with Gasteiger partial charge < -0.3 is 10.2 Å². The molecule has 0 aliphatic heterocycles. The molecule has 0 saturated carbocycles. The first kappa shape index (κ1) is 18.6. The van der Waals surface area contributed by atoms with E-state index in [0.29, 0.717) is 0 Å². The van der Waals surface area contributed by atoms with Crippen LogP contribution in [-0.2, 0) is 6.54 Å². The molecule has 1 rings (SSSR count). The maximum Gasteiger partial charge on any atom is 0.0300 e. The van der Waals surface area contributed by atoms with E-state index in [1.807, 2.05) is 11.3 Å². The largest absolute Gasteiger partial charge is 0.311 e. The van der Waals surface area contributed by atoms with Crippen LogP contribution in [0.1, 0.15) is 18.7 Å². The highest BCUT2D eigenvalue weighted by Gasteiger charge is 1.97. The molecule has 0 radical (unpaired) electrons. The first-order valence-electron chi connectivity index (χ1n) is 5.32. The van der Waals surface area contributed by atoms with Crippen LogP contribution in [0.4, 0.5) is 0 Å². The zero-order valence-electron chi connectivity index (χ0n) is 9.94. The van der Waals surface area contributed by atoms with Gasteiger partial charge in [-0.25, -0.2) is 0 Å². The minimum atomic E-state index is 0. The molecule has 2 nitrogen and oxygen atoms in total. The van der Waals surface area contributed by atoms with Crippen molar-refractivity contribution in [3.8, 4) is 0 Å². The van der Waals surface area contributed by atoms with Crippen molar-refractivity contribution in [2.24, 2.45) is 0 Å². The zero-order valence-corrected chi connectivity index (χ0v) is 12.4. The third-order valence-corrected chi connectivity index (χ3v) is 3.25. The van der Waals surface area contributed by atoms with Gasteiger partial charge in [0.25, 0.3) is 0 Å². The monoisotopic (exact) mass is 284 g/mol. The van der Waals surface area contributed by atoms with Gasteiger partial charge in [-0.2, -0.15) is 0 Å². The molecule has 0 unspecified atom stereocenters. The van der Waals surface area contributed by atoms with Crippen molar-refractivity contribution in [2.45, 2.75) is 20.4 Å². The minimum Gasteiger partial charge on any atom is -0.311 e. The lowest BCUT2D eigenvalue weighted by Gasteiger charge is -2.17. The highest BCUT2D eigenvalue weighted by molar-refractivity contribution is 7.09. The molecular formula is C11H22Cl2N2S. The van der Waals surface area contributed by atoms with Crippen molar-refractivity contribution in [3.63, 3.8) is 0 Å². The Morgan fingerprint density at radius 2 is 1.94 bits per heavy atom. The number of nitrogens with zero attached hydrogens (tertiary/aromatic N) is 1. The van der Waals surface area contributed by atoms with Gasteiger partial charge in [0, 0.05) is 24.5 Å². The van der Waals surface area contributed by atoms with Crippen LogP contribution in [0.15, 0.2) is 17.5 Å². The third kappa shape index (κ3) is 7.47. The van der Waals surface area contributed by atoms with E-state index in [2.05, 4.69) is 41.6 Å². The second kappa shape index (κ2) is 11.7. The summed E-state index contributed by atoms with van der Waals surface area (Å²) in [7, 11) is 0. The van der Waals surface area contributed by atoms with Crippen molar-refractivity contribution in [2.75, 3.05) is 26.2 Å². The summed E-state index contributed by atoms with van der Waals surface area (Å²) < 4.78 is 0. The van der Waals surface area contributed by atoms with Gasteiger partial charge in [0.2, 0.25) is 0 Å². The van der Waals surface area contributed by atoms with E-state index in [9.17, 15) is 0 Å². The van der Waals surface area contributed by atoms with Crippen LogP contribution in [0.5, 0.6) is 0 Å². The molecule has 1 heterocycles. The van der Waals surface area contributed by atoms with Crippen LogP contribution in [-0.4, -0.2) is 31.1 Å². The van der Waals surface area contributed by atoms with Crippen molar-refractivity contribution >= 4 is 36.2 Å². The lowest BCUT2D eigenvalue weighted by molar-refractivity contribution is 0.302. The summed E-state index contributed by atoms with van der Waals surface area (Å²) in [5.74, 6) is 0. The first-order valence-corrected chi connectivity index (χ1v) is 6.20. The summed E-state index contributed by atoms with van der Waals surface area (Å²) in [6.07, 6.45) is 0. The van der Waals surface area contributed by atoms with Crippen LogP contribution in [0.3, 0.4) is 0 Å². The Morgan fingerprint density at radius 3 is 2.44 bits per heavy atom. The molecule has 0 bridgehead atoms. The summed E-state index contributed by atoms with van der Waals surface area (Å²) >= 11 is 1.82. The average Bonchev–Trinajstić information content (AvgIpc) is 2.71. The standard InChI is InChI=1S/C11H20N2S.2ClH/c1-3-13(4-2)8-7-12-10-11-6-5-9-14-11;;/h5-6,9,12H,3-4,7-8,10H2,1-2H3;2*1H. The van der Waals surface area contributed by atoms with Gasteiger partial charge in [-0.3, -0.25) is 0 Å². The predicted octanol–water partition coefficient (Wildman–Crippen LogP) is 3.02. The number of thiophene rings is 1.